The van der Waals surface area contributed by atoms with E-state index in [9.17, 15) is 0 Å². The van der Waals surface area contributed by atoms with Gasteiger partial charge in [0.1, 0.15) is 5.03 Å². The van der Waals surface area contributed by atoms with Crippen molar-refractivity contribution in [2.45, 2.75) is 9.92 Å². The van der Waals surface area contributed by atoms with Crippen molar-refractivity contribution < 1.29 is 0 Å². The molecule has 0 aliphatic heterocycles. The van der Waals surface area contributed by atoms with Gasteiger partial charge < -0.3 is 5.73 Å². The van der Waals surface area contributed by atoms with E-state index >= 15 is 0 Å². The summed E-state index contributed by atoms with van der Waals surface area (Å²) < 4.78 is 0.896. The lowest BCUT2D eigenvalue weighted by atomic mass is 10.4. The third kappa shape index (κ3) is 2.90. The van der Waals surface area contributed by atoms with E-state index in [4.69, 9.17) is 17.3 Å². The predicted octanol–water partition coefficient (Wildman–Crippen LogP) is 4.23. The average molecular weight is 316 g/mol. The fourth-order valence-electron chi connectivity index (χ4n) is 1.13. The second-order valence-electron chi connectivity index (χ2n) is 3.11. The molecule has 0 unspecified atom stereocenters. The van der Waals surface area contributed by atoms with E-state index in [1.54, 1.807) is 18.0 Å². The highest BCUT2D eigenvalue weighted by Gasteiger charge is 2.04. The molecule has 2 rings (SSSR count). The number of hydrogen-bond donors (Lipinski definition) is 1. The molecule has 0 fully saturated rings. The van der Waals surface area contributed by atoms with Crippen LogP contribution in [-0.2, 0) is 0 Å². The summed E-state index contributed by atoms with van der Waals surface area (Å²) in [5.74, 6) is 0. The van der Waals surface area contributed by atoms with Gasteiger partial charge in [-0.05, 0) is 46.3 Å². The minimum absolute atomic E-state index is 0.646. The first-order valence-corrected chi connectivity index (χ1v) is 6.48. The molecular formula is C11H8BrClN2S. The molecule has 1 aromatic heterocycles. The zero-order chi connectivity index (χ0) is 11.5. The molecule has 0 spiro atoms. The van der Waals surface area contributed by atoms with Gasteiger partial charge >= 0.3 is 0 Å². The van der Waals surface area contributed by atoms with Gasteiger partial charge in [-0.15, -0.1) is 0 Å². The Hall–Kier alpha value is -0.710. The van der Waals surface area contributed by atoms with E-state index < -0.39 is 0 Å². The average Bonchev–Trinajstić information content (AvgIpc) is 2.25. The number of aromatic nitrogens is 1. The number of nitrogens with two attached hydrogens (primary N) is 1. The van der Waals surface area contributed by atoms with Crippen LogP contribution in [0.3, 0.4) is 0 Å². The molecule has 0 aliphatic carbocycles. The Bertz CT molecular complexity index is 502. The van der Waals surface area contributed by atoms with E-state index in [0.717, 1.165) is 19.4 Å². The first-order valence-electron chi connectivity index (χ1n) is 4.49. The van der Waals surface area contributed by atoms with Crippen molar-refractivity contribution in [1.29, 1.82) is 0 Å². The smallest absolute Gasteiger partial charge is 0.115 e. The molecule has 2 nitrogen and oxygen atoms in total. The van der Waals surface area contributed by atoms with Gasteiger partial charge in [-0.1, -0.05) is 23.4 Å². The predicted molar refractivity (Wildman–Crippen MR) is 71.9 cm³/mol. The van der Waals surface area contributed by atoms with Gasteiger partial charge in [0.05, 0.1) is 16.4 Å². The molecule has 0 amide bonds. The lowest BCUT2D eigenvalue weighted by Crippen LogP contribution is -1.88. The van der Waals surface area contributed by atoms with Crippen molar-refractivity contribution in [3.05, 3.63) is 46.0 Å². The molecule has 5 heteroatoms. The van der Waals surface area contributed by atoms with E-state index in [-0.39, 0.29) is 0 Å². The minimum Gasteiger partial charge on any atom is -0.397 e. The van der Waals surface area contributed by atoms with Gasteiger partial charge in [0.2, 0.25) is 0 Å². The van der Waals surface area contributed by atoms with Crippen molar-refractivity contribution in [2.24, 2.45) is 0 Å². The van der Waals surface area contributed by atoms with E-state index in [2.05, 4.69) is 20.9 Å². The Morgan fingerprint density at radius 2 is 1.94 bits per heavy atom. The van der Waals surface area contributed by atoms with Gasteiger partial charge in [0.25, 0.3) is 0 Å². The van der Waals surface area contributed by atoms with Crippen molar-refractivity contribution in [3.8, 4) is 0 Å². The molecule has 0 aliphatic rings. The molecule has 0 bridgehead atoms. The molecular weight excluding hydrogens is 308 g/mol. The summed E-state index contributed by atoms with van der Waals surface area (Å²) in [4.78, 5) is 5.34. The van der Waals surface area contributed by atoms with Crippen LogP contribution < -0.4 is 5.73 Å². The fraction of sp³-hybridized carbons (Fsp3) is 0. The third-order valence-corrected chi connectivity index (χ3v) is 4.00. The number of anilines is 1. The highest BCUT2D eigenvalue weighted by atomic mass is 79.9. The SMILES string of the molecule is Nc1cnc(Sc2ccc(Cl)cc2)c(Br)c1. The Balaban J connectivity index is 2.23. The molecule has 0 saturated heterocycles. The Morgan fingerprint density at radius 3 is 2.56 bits per heavy atom. The largest absolute Gasteiger partial charge is 0.397 e. The van der Waals surface area contributed by atoms with E-state index in [1.165, 1.54) is 0 Å². The maximum absolute atomic E-state index is 5.82. The second-order valence-corrected chi connectivity index (χ2v) is 5.46. The molecule has 1 heterocycles. The summed E-state index contributed by atoms with van der Waals surface area (Å²) in [5.41, 5.74) is 6.27. The normalized spacial score (nSPS) is 10.4. The maximum Gasteiger partial charge on any atom is 0.115 e. The number of nitrogens with zero attached hydrogens (tertiary/aromatic N) is 1. The maximum atomic E-state index is 5.82. The van der Waals surface area contributed by atoms with Crippen LogP contribution in [0.25, 0.3) is 0 Å². The molecule has 2 aromatic rings. The van der Waals surface area contributed by atoms with Crippen molar-refractivity contribution in [2.75, 3.05) is 5.73 Å². The van der Waals surface area contributed by atoms with Crippen molar-refractivity contribution >= 4 is 45.0 Å². The molecule has 1 aromatic carbocycles. The van der Waals surface area contributed by atoms with Crippen LogP contribution >= 0.6 is 39.3 Å². The lowest BCUT2D eigenvalue weighted by Gasteiger charge is -2.04. The Kier molecular flexibility index (Phi) is 3.74. The number of hydrogen-bond acceptors (Lipinski definition) is 3. The first-order chi connectivity index (χ1) is 7.65. The summed E-state index contributed by atoms with van der Waals surface area (Å²) in [6, 6.07) is 9.46. The fourth-order valence-corrected chi connectivity index (χ4v) is 2.62. The lowest BCUT2D eigenvalue weighted by molar-refractivity contribution is 1.11. The van der Waals surface area contributed by atoms with Crippen LogP contribution in [0.5, 0.6) is 0 Å². The Morgan fingerprint density at radius 1 is 1.25 bits per heavy atom. The standard InChI is InChI=1S/C11H8BrClN2S/c12-10-5-8(14)6-15-11(10)16-9-3-1-7(13)2-4-9/h1-6H,14H2. The monoisotopic (exact) mass is 314 g/mol. The van der Waals surface area contributed by atoms with Gasteiger partial charge in [0, 0.05) is 9.92 Å². The minimum atomic E-state index is 0.646. The topological polar surface area (TPSA) is 38.9 Å². The molecule has 0 radical (unpaired) electrons. The van der Waals surface area contributed by atoms with Crippen LogP contribution in [0, 0.1) is 0 Å². The highest BCUT2D eigenvalue weighted by Crippen LogP contribution is 2.32. The number of benzene rings is 1. The van der Waals surface area contributed by atoms with Crippen LogP contribution in [0.2, 0.25) is 5.02 Å². The van der Waals surface area contributed by atoms with Crippen LogP contribution in [-0.4, -0.2) is 4.98 Å². The van der Waals surface area contributed by atoms with Gasteiger partial charge in [0.15, 0.2) is 0 Å². The van der Waals surface area contributed by atoms with Crippen molar-refractivity contribution in [1.82, 2.24) is 4.98 Å². The summed E-state index contributed by atoms with van der Waals surface area (Å²) in [6.07, 6.45) is 1.64. The van der Waals surface area contributed by atoms with Gasteiger partial charge in [-0.3, -0.25) is 0 Å². The zero-order valence-electron chi connectivity index (χ0n) is 8.15. The third-order valence-electron chi connectivity index (χ3n) is 1.86. The van der Waals surface area contributed by atoms with Crippen LogP contribution in [0.1, 0.15) is 0 Å². The van der Waals surface area contributed by atoms with Crippen LogP contribution in [0.15, 0.2) is 50.9 Å². The molecule has 82 valence electrons. The summed E-state index contributed by atoms with van der Waals surface area (Å²) >= 11 is 10.8. The van der Waals surface area contributed by atoms with E-state index in [1.807, 2.05) is 30.3 Å². The number of nitrogen functional groups attached to an aromatic ring is 1. The molecule has 16 heavy (non-hydrogen) atoms. The summed E-state index contributed by atoms with van der Waals surface area (Å²) in [7, 11) is 0. The molecule has 2 N–H and O–H groups in total. The first kappa shape index (κ1) is 11.8. The molecule has 0 saturated carbocycles. The summed E-state index contributed by atoms with van der Waals surface area (Å²) in [5, 5.41) is 1.62. The zero-order valence-corrected chi connectivity index (χ0v) is 11.3. The number of halogens is 2. The van der Waals surface area contributed by atoms with Gasteiger partial charge in [-0.2, -0.15) is 0 Å². The van der Waals surface area contributed by atoms with E-state index in [0.29, 0.717) is 5.69 Å². The highest BCUT2D eigenvalue weighted by molar-refractivity contribution is 9.10. The number of rotatable bonds is 2. The van der Waals surface area contributed by atoms with Gasteiger partial charge in [-0.25, -0.2) is 4.98 Å². The second kappa shape index (κ2) is 5.08. The summed E-state index contributed by atoms with van der Waals surface area (Å²) in [6.45, 7) is 0. The Labute approximate surface area is 111 Å². The van der Waals surface area contributed by atoms with Crippen LogP contribution in [0.4, 0.5) is 5.69 Å². The molecule has 0 atom stereocenters. The van der Waals surface area contributed by atoms with Crippen molar-refractivity contribution in [3.63, 3.8) is 0 Å². The quantitative estimate of drug-likeness (QED) is 0.901. The number of pyridine rings is 1.